The van der Waals surface area contributed by atoms with Gasteiger partial charge in [-0.1, -0.05) is 6.08 Å². The van der Waals surface area contributed by atoms with Crippen LogP contribution in [0, 0.1) is 0 Å². The Kier molecular flexibility index (Phi) is 4.76. The molecule has 0 bridgehead atoms. The molecule has 1 N–H and O–H groups in total. The number of hydrogen-bond acceptors (Lipinski definition) is 3. The summed E-state index contributed by atoms with van der Waals surface area (Å²) in [5.74, 6) is -0.608. The Balaban J connectivity index is 0.00000144. The van der Waals surface area contributed by atoms with Gasteiger partial charge >= 0.3 is 35.2 Å². The molecule has 1 aromatic heterocycles. The second kappa shape index (κ2) is 5.06. The Bertz CT molecular complexity index is 407. The third kappa shape index (κ3) is 2.87. The summed E-state index contributed by atoms with van der Waals surface area (Å²) in [5.41, 5.74) is -1.38. The first kappa shape index (κ1) is 12.2. The molecule has 0 fully saturated rings. The zero-order valence-corrected chi connectivity index (χ0v) is 9.24. The van der Waals surface area contributed by atoms with Gasteiger partial charge in [0, 0.05) is 12.6 Å². The second-order valence-electron chi connectivity index (χ2n) is 2.18. The zero-order chi connectivity index (χ0) is 9.14. The van der Waals surface area contributed by atoms with Crippen LogP contribution < -0.4 is 45.9 Å². The van der Waals surface area contributed by atoms with Crippen LogP contribution in [0.25, 0.3) is 0 Å². The molecule has 6 heteroatoms. The smallest absolute Gasteiger partial charge is 0.860 e. The van der Waals surface area contributed by atoms with Crippen LogP contribution in [-0.2, 0) is 6.54 Å². The maximum atomic E-state index is 10.9. The van der Waals surface area contributed by atoms with Crippen LogP contribution in [0.3, 0.4) is 0 Å². The molecular weight excluding hydrogens is 183 g/mol. The molecule has 0 aliphatic carbocycles. The van der Waals surface area contributed by atoms with Gasteiger partial charge in [0.1, 0.15) is 0 Å². The second-order valence-corrected chi connectivity index (χ2v) is 2.18. The molecule has 1 rings (SSSR count). The molecule has 0 saturated carbocycles. The Morgan fingerprint density at radius 3 is 2.69 bits per heavy atom. The van der Waals surface area contributed by atoms with E-state index >= 15 is 0 Å². The summed E-state index contributed by atoms with van der Waals surface area (Å²) in [6, 6.07) is 0.824. The molecule has 1 aromatic rings. The molecule has 0 aliphatic heterocycles. The summed E-state index contributed by atoms with van der Waals surface area (Å²) < 4.78 is 0.883. The van der Waals surface area contributed by atoms with E-state index in [1.807, 2.05) is 4.98 Å². The molecule has 0 radical (unpaired) electrons. The monoisotopic (exact) mass is 190 g/mol. The van der Waals surface area contributed by atoms with E-state index in [1.165, 1.54) is 6.08 Å². The molecule has 0 aliphatic rings. The maximum Gasteiger partial charge on any atom is 1.00 e. The Morgan fingerprint density at radius 2 is 2.23 bits per heavy atom. The normalized spacial score (nSPS) is 8.92. The maximum absolute atomic E-state index is 10.9. The van der Waals surface area contributed by atoms with Gasteiger partial charge in [-0.2, -0.15) is 0 Å². The van der Waals surface area contributed by atoms with Gasteiger partial charge in [0.05, 0.1) is 0 Å². The molecule has 0 unspecified atom stereocenters. The Morgan fingerprint density at radius 1 is 1.62 bits per heavy atom. The standard InChI is InChI=1S/C7H8N2O3.Na/c1-2-3-9-6(11)4-5(10)8-7(9)12;/h2,4,11H,1,3H2,(H,8,10,12);/q;+1/p-1. The molecule has 1 heterocycles. The van der Waals surface area contributed by atoms with E-state index in [4.69, 9.17) is 0 Å². The number of nitrogens with one attached hydrogen (secondary N) is 1. The minimum absolute atomic E-state index is 0. The van der Waals surface area contributed by atoms with E-state index < -0.39 is 17.1 Å². The van der Waals surface area contributed by atoms with Crippen LogP contribution in [-0.4, -0.2) is 9.55 Å². The van der Waals surface area contributed by atoms with Gasteiger partial charge < -0.3 is 9.67 Å². The number of aromatic nitrogens is 2. The first-order chi connectivity index (χ1) is 5.65. The van der Waals surface area contributed by atoms with Gasteiger partial charge in [-0.3, -0.25) is 9.78 Å². The van der Waals surface area contributed by atoms with Crippen LogP contribution >= 0.6 is 0 Å². The Hall–Kier alpha value is -0.780. The van der Waals surface area contributed by atoms with Crippen LogP contribution in [0.15, 0.2) is 28.3 Å². The van der Waals surface area contributed by atoms with E-state index in [-0.39, 0.29) is 36.1 Å². The molecule has 0 spiro atoms. The number of aromatic amines is 1. The van der Waals surface area contributed by atoms with Crippen molar-refractivity contribution in [1.82, 2.24) is 9.55 Å². The summed E-state index contributed by atoms with van der Waals surface area (Å²) in [6.07, 6.45) is 1.40. The number of nitrogens with zero attached hydrogens (tertiary/aromatic N) is 1. The summed E-state index contributed by atoms with van der Waals surface area (Å²) in [5, 5.41) is 10.9. The van der Waals surface area contributed by atoms with Gasteiger partial charge in [0.2, 0.25) is 0 Å². The summed E-state index contributed by atoms with van der Waals surface area (Å²) in [7, 11) is 0. The van der Waals surface area contributed by atoms with E-state index in [2.05, 4.69) is 6.58 Å². The van der Waals surface area contributed by atoms with Crippen molar-refractivity contribution >= 4 is 0 Å². The fourth-order valence-electron chi connectivity index (χ4n) is 0.801. The molecular formula is C7H7N2NaO3. The first-order valence-electron chi connectivity index (χ1n) is 3.27. The van der Waals surface area contributed by atoms with E-state index in [0.717, 1.165) is 10.6 Å². The van der Waals surface area contributed by atoms with Crippen molar-refractivity contribution in [1.29, 1.82) is 0 Å². The molecule has 13 heavy (non-hydrogen) atoms. The van der Waals surface area contributed by atoms with Crippen molar-refractivity contribution in [2.45, 2.75) is 6.54 Å². The first-order valence-corrected chi connectivity index (χ1v) is 3.27. The number of rotatable bonds is 2. The van der Waals surface area contributed by atoms with Gasteiger partial charge in [-0.25, -0.2) is 4.79 Å². The zero-order valence-electron chi connectivity index (χ0n) is 7.24. The molecule has 64 valence electrons. The van der Waals surface area contributed by atoms with Crippen molar-refractivity contribution in [2.24, 2.45) is 0 Å². The Labute approximate surface area is 96.0 Å². The van der Waals surface area contributed by atoms with E-state index in [0.29, 0.717) is 0 Å². The third-order valence-electron chi connectivity index (χ3n) is 1.31. The molecule has 0 amide bonds. The predicted octanol–water partition coefficient (Wildman–Crippen LogP) is -4.20. The quantitative estimate of drug-likeness (QED) is 0.379. The van der Waals surface area contributed by atoms with E-state index in [9.17, 15) is 14.7 Å². The minimum Gasteiger partial charge on any atom is -0.860 e. The number of hydrogen-bond donors (Lipinski definition) is 1. The van der Waals surface area contributed by atoms with Crippen LogP contribution in [0.4, 0.5) is 0 Å². The van der Waals surface area contributed by atoms with Crippen molar-refractivity contribution in [2.75, 3.05) is 0 Å². The number of allylic oxidation sites excluding steroid dienone is 1. The fourth-order valence-corrected chi connectivity index (χ4v) is 0.801. The molecule has 5 nitrogen and oxygen atoms in total. The molecule has 0 atom stereocenters. The van der Waals surface area contributed by atoms with Crippen molar-refractivity contribution in [3.63, 3.8) is 0 Å². The van der Waals surface area contributed by atoms with Crippen molar-refractivity contribution in [3.05, 3.63) is 39.6 Å². The topological polar surface area (TPSA) is 77.9 Å². The van der Waals surface area contributed by atoms with Crippen LogP contribution in [0.2, 0.25) is 0 Å². The van der Waals surface area contributed by atoms with Gasteiger partial charge in [-0.15, -0.1) is 6.58 Å². The van der Waals surface area contributed by atoms with Crippen LogP contribution in [0.5, 0.6) is 5.88 Å². The third-order valence-corrected chi connectivity index (χ3v) is 1.31. The fraction of sp³-hybridized carbons (Fsp3) is 0.143. The van der Waals surface area contributed by atoms with Crippen molar-refractivity contribution in [3.8, 4) is 5.88 Å². The average molecular weight is 190 g/mol. The van der Waals surface area contributed by atoms with Gasteiger partial charge in [-0.05, 0) is 5.88 Å². The average Bonchev–Trinajstić information content (AvgIpc) is 1.96. The molecule has 0 saturated heterocycles. The van der Waals surface area contributed by atoms with Gasteiger partial charge in [0.25, 0.3) is 5.56 Å². The van der Waals surface area contributed by atoms with Gasteiger partial charge in [0.15, 0.2) is 0 Å². The molecule has 0 aromatic carbocycles. The summed E-state index contributed by atoms with van der Waals surface area (Å²) >= 11 is 0. The summed E-state index contributed by atoms with van der Waals surface area (Å²) in [6.45, 7) is 3.48. The largest absolute Gasteiger partial charge is 1.00 e. The minimum atomic E-state index is -0.701. The van der Waals surface area contributed by atoms with E-state index in [1.54, 1.807) is 0 Å². The van der Waals surface area contributed by atoms with Crippen molar-refractivity contribution < 1.29 is 34.7 Å². The summed E-state index contributed by atoms with van der Waals surface area (Å²) in [4.78, 5) is 23.5. The van der Waals surface area contributed by atoms with Crippen LogP contribution in [0.1, 0.15) is 0 Å². The number of H-pyrrole nitrogens is 1. The predicted molar refractivity (Wildman–Crippen MR) is 41.0 cm³/mol. The SMILES string of the molecule is C=CCn1c([O-])cc(=O)[nH]c1=O.[Na+].